The molecule has 2 aliphatic rings. The normalized spacial score (nSPS) is 21.1. The van der Waals surface area contributed by atoms with Crippen LogP contribution < -0.4 is 10.1 Å². The van der Waals surface area contributed by atoms with E-state index in [9.17, 15) is 4.79 Å². The van der Waals surface area contributed by atoms with Gasteiger partial charge in [0.25, 0.3) is 0 Å². The van der Waals surface area contributed by atoms with Crippen LogP contribution in [0.2, 0.25) is 0 Å². The molecule has 0 saturated carbocycles. The largest absolute Gasteiger partial charge is 0.494 e. The second-order valence-electron chi connectivity index (χ2n) is 7.79. The zero-order chi connectivity index (χ0) is 18.5. The molecule has 0 radical (unpaired) electrons. The van der Waals surface area contributed by atoms with Gasteiger partial charge >= 0.3 is 0 Å². The predicted octanol–water partition coefficient (Wildman–Crippen LogP) is 3.64. The topological polar surface area (TPSA) is 69.0 Å². The second-order valence-corrected chi connectivity index (χ2v) is 7.79. The molecule has 0 fully saturated rings. The minimum Gasteiger partial charge on any atom is -0.494 e. The highest BCUT2D eigenvalue weighted by Crippen LogP contribution is 2.45. The summed E-state index contributed by atoms with van der Waals surface area (Å²) in [6.45, 7) is 8.72. The van der Waals surface area contributed by atoms with Gasteiger partial charge in [-0.2, -0.15) is 10.1 Å². The van der Waals surface area contributed by atoms with Crippen LogP contribution in [0.25, 0.3) is 0 Å². The van der Waals surface area contributed by atoms with E-state index in [0.29, 0.717) is 24.8 Å². The molecule has 0 amide bonds. The number of carbonyl (C=O) groups is 1. The third-order valence-electron chi connectivity index (χ3n) is 4.94. The number of anilines is 1. The Hall–Kier alpha value is -2.63. The summed E-state index contributed by atoms with van der Waals surface area (Å²) in [7, 11) is 0. The first-order valence-electron chi connectivity index (χ1n) is 9.07. The summed E-state index contributed by atoms with van der Waals surface area (Å²) in [5.41, 5.74) is 2.75. The Balaban J connectivity index is 1.83. The van der Waals surface area contributed by atoms with Crippen molar-refractivity contribution in [2.24, 2.45) is 5.41 Å². The third-order valence-corrected chi connectivity index (χ3v) is 4.94. The van der Waals surface area contributed by atoms with Crippen molar-refractivity contribution >= 4 is 11.7 Å². The third kappa shape index (κ3) is 2.79. The van der Waals surface area contributed by atoms with E-state index in [1.807, 2.05) is 42.8 Å². The minimum atomic E-state index is -0.248. The van der Waals surface area contributed by atoms with Gasteiger partial charge in [-0.3, -0.25) is 4.79 Å². The van der Waals surface area contributed by atoms with E-state index in [-0.39, 0.29) is 17.2 Å². The number of hydrogen-bond acceptors (Lipinski definition) is 5. The number of ketones is 1. The van der Waals surface area contributed by atoms with Gasteiger partial charge < -0.3 is 10.1 Å². The number of aromatic nitrogens is 3. The quantitative estimate of drug-likeness (QED) is 0.913. The van der Waals surface area contributed by atoms with Crippen molar-refractivity contribution in [1.29, 1.82) is 0 Å². The Morgan fingerprint density at radius 2 is 2.00 bits per heavy atom. The smallest absolute Gasteiger partial charge is 0.226 e. The summed E-state index contributed by atoms with van der Waals surface area (Å²) in [6.07, 6.45) is 1.37. The number of ether oxygens (including phenoxy) is 1. The molecule has 0 saturated heterocycles. The highest BCUT2D eigenvalue weighted by molar-refractivity contribution is 6.00. The van der Waals surface area contributed by atoms with E-state index >= 15 is 0 Å². The fourth-order valence-corrected chi connectivity index (χ4v) is 3.94. The fourth-order valence-electron chi connectivity index (χ4n) is 3.94. The van der Waals surface area contributed by atoms with Gasteiger partial charge in [-0.05, 0) is 43.4 Å². The number of nitrogens with one attached hydrogen (secondary N) is 1. The van der Waals surface area contributed by atoms with Crippen molar-refractivity contribution in [3.8, 4) is 5.75 Å². The van der Waals surface area contributed by atoms with E-state index in [2.05, 4.69) is 29.2 Å². The summed E-state index contributed by atoms with van der Waals surface area (Å²) < 4.78 is 7.38. The van der Waals surface area contributed by atoms with Gasteiger partial charge in [-0.1, -0.05) is 26.0 Å². The Labute approximate surface area is 153 Å². The monoisotopic (exact) mass is 352 g/mol. The lowest BCUT2D eigenvalue weighted by atomic mass is 9.73. The van der Waals surface area contributed by atoms with E-state index in [0.717, 1.165) is 29.0 Å². The molecule has 2 aromatic rings. The number of Topliss-reactive ketones (excluding diaryl/α,β-unsaturated/α-hetero) is 1. The zero-order valence-corrected chi connectivity index (χ0v) is 15.7. The molecule has 1 atom stereocenters. The minimum absolute atomic E-state index is 0.0521. The maximum Gasteiger partial charge on any atom is 0.226 e. The fraction of sp³-hybridized carbons (Fsp3) is 0.450. The zero-order valence-electron chi connectivity index (χ0n) is 15.7. The first kappa shape index (κ1) is 16.8. The van der Waals surface area contributed by atoms with Crippen LogP contribution in [0.4, 0.5) is 5.95 Å². The number of hydrogen-bond donors (Lipinski definition) is 1. The van der Waals surface area contributed by atoms with E-state index in [1.165, 1.54) is 0 Å². The average Bonchev–Trinajstić information content (AvgIpc) is 2.92. The molecular weight excluding hydrogens is 328 g/mol. The van der Waals surface area contributed by atoms with Gasteiger partial charge in [0.15, 0.2) is 5.78 Å². The van der Waals surface area contributed by atoms with Crippen LogP contribution in [-0.2, 0) is 4.79 Å². The summed E-state index contributed by atoms with van der Waals surface area (Å²) in [4.78, 5) is 17.5. The standard InChI is InChI=1S/C20H24N4O2/c1-5-26-14-8-6-13(7-9-14)18-17-15(10-20(3,4)11-16(17)25)22-19-21-12(2)23-24(18)19/h6-9,18H,5,10-11H2,1-4H3,(H,21,22,23)/t18-/m1/s1. The number of carbonyl (C=O) groups excluding carboxylic acids is 1. The molecule has 0 spiro atoms. The summed E-state index contributed by atoms with van der Waals surface area (Å²) >= 11 is 0. The maximum atomic E-state index is 13.0. The second kappa shape index (κ2) is 5.97. The molecule has 26 heavy (non-hydrogen) atoms. The van der Waals surface area contributed by atoms with Crippen molar-refractivity contribution in [1.82, 2.24) is 14.8 Å². The Morgan fingerprint density at radius 3 is 2.69 bits per heavy atom. The highest BCUT2D eigenvalue weighted by Gasteiger charge is 2.41. The number of benzene rings is 1. The number of nitrogens with zero attached hydrogens (tertiary/aromatic N) is 3. The van der Waals surface area contributed by atoms with Crippen LogP contribution in [0.15, 0.2) is 35.5 Å². The number of aryl methyl sites for hydroxylation is 1. The Morgan fingerprint density at radius 1 is 1.27 bits per heavy atom. The van der Waals surface area contributed by atoms with Crippen LogP contribution in [0.3, 0.4) is 0 Å². The summed E-state index contributed by atoms with van der Waals surface area (Å²) in [5, 5.41) is 7.92. The van der Waals surface area contributed by atoms with Crippen LogP contribution in [-0.4, -0.2) is 27.2 Å². The molecule has 4 rings (SSSR count). The van der Waals surface area contributed by atoms with Crippen molar-refractivity contribution in [3.05, 3.63) is 46.9 Å². The molecule has 0 unspecified atom stereocenters. The van der Waals surface area contributed by atoms with Crippen LogP contribution in [0.5, 0.6) is 5.75 Å². The number of allylic oxidation sites excluding steroid dienone is 2. The van der Waals surface area contributed by atoms with E-state index in [1.54, 1.807) is 0 Å². The van der Waals surface area contributed by atoms with Gasteiger partial charge in [-0.25, -0.2) is 4.68 Å². The van der Waals surface area contributed by atoms with Crippen molar-refractivity contribution < 1.29 is 9.53 Å². The molecule has 1 aliphatic carbocycles. The van der Waals surface area contributed by atoms with Gasteiger partial charge in [0.2, 0.25) is 5.95 Å². The molecule has 1 aromatic heterocycles. The molecule has 0 bridgehead atoms. The lowest BCUT2D eigenvalue weighted by Crippen LogP contribution is -2.36. The maximum absolute atomic E-state index is 13.0. The average molecular weight is 352 g/mol. The van der Waals surface area contributed by atoms with E-state index in [4.69, 9.17) is 4.74 Å². The first-order valence-corrected chi connectivity index (χ1v) is 9.07. The molecule has 136 valence electrons. The molecule has 1 aromatic carbocycles. The van der Waals surface area contributed by atoms with Gasteiger partial charge in [0.1, 0.15) is 17.6 Å². The van der Waals surface area contributed by atoms with Crippen molar-refractivity contribution in [3.63, 3.8) is 0 Å². The Kier molecular flexibility index (Phi) is 3.86. The molecule has 1 N–H and O–H groups in total. The predicted molar refractivity (Wildman–Crippen MR) is 99.2 cm³/mol. The molecule has 2 heterocycles. The van der Waals surface area contributed by atoms with Gasteiger partial charge in [0.05, 0.1) is 6.61 Å². The lowest BCUT2D eigenvalue weighted by Gasteiger charge is -2.38. The van der Waals surface area contributed by atoms with E-state index < -0.39 is 0 Å². The first-order chi connectivity index (χ1) is 12.4. The van der Waals surface area contributed by atoms with Crippen LogP contribution >= 0.6 is 0 Å². The number of rotatable bonds is 3. The summed E-state index contributed by atoms with van der Waals surface area (Å²) in [6, 6.07) is 7.67. The van der Waals surface area contributed by atoms with Crippen LogP contribution in [0.1, 0.15) is 51.0 Å². The highest BCUT2D eigenvalue weighted by atomic mass is 16.5. The van der Waals surface area contributed by atoms with Crippen LogP contribution in [0, 0.1) is 12.3 Å². The SMILES string of the molecule is CCOc1ccc([C@@H]2C3=C(CC(C)(C)CC3=O)Nc3nc(C)nn32)cc1. The summed E-state index contributed by atoms with van der Waals surface area (Å²) in [5.74, 6) is 2.40. The molecule has 6 heteroatoms. The lowest BCUT2D eigenvalue weighted by molar-refractivity contribution is -0.118. The molecule has 6 nitrogen and oxygen atoms in total. The number of fused-ring (bicyclic) bond motifs is 1. The van der Waals surface area contributed by atoms with Gasteiger partial charge in [0, 0.05) is 17.7 Å². The van der Waals surface area contributed by atoms with Crippen molar-refractivity contribution in [2.75, 3.05) is 11.9 Å². The molecular formula is C20H24N4O2. The molecule has 1 aliphatic heterocycles. The van der Waals surface area contributed by atoms with Gasteiger partial charge in [-0.15, -0.1) is 0 Å². The Bertz CT molecular complexity index is 893. The van der Waals surface area contributed by atoms with Crippen molar-refractivity contribution in [2.45, 2.75) is 46.6 Å².